The fraction of sp³-hybridized carbons (Fsp3) is 0.286. The molecule has 0 radical (unpaired) electrons. The van der Waals surface area contributed by atoms with Gasteiger partial charge in [0.15, 0.2) is 11.5 Å². The summed E-state index contributed by atoms with van der Waals surface area (Å²) in [4.78, 5) is 14.5. The number of methoxy groups -OCH3 is 1. The van der Waals surface area contributed by atoms with E-state index in [-0.39, 0.29) is 17.4 Å². The van der Waals surface area contributed by atoms with Crippen molar-refractivity contribution in [2.75, 3.05) is 30.4 Å². The molecule has 7 heteroatoms. The second kappa shape index (κ2) is 9.21. The molecule has 0 aliphatic carbocycles. The predicted octanol–water partition coefficient (Wildman–Crippen LogP) is 4.55. The second-order valence-electron chi connectivity index (χ2n) is 6.36. The third-order valence-electron chi connectivity index (χ3n) is 4.42. The summed E-state index contributed by atoms with van der Waals surface area (Å²) >= 11 is 0. The molecule has 2 aromatic carbocycles. The van der Waals surface area contributed by atoms with Crippen LogP contribution in [0.4, 0.5) is 20.2 Å². The van der Waals surface area contributed by atoms with Crippen molar-refractivity contribution in [1.29, 1.82) is 0 Å². The fourth-order valence-corrected chi connectivity index (χ4v) is 3.09. The van der Waals surface area contributed by atoms with Crippen LogP contribution in [0.1, 0.15) is 18.4 Å². The van der Waals surface area contributed by atoms with Crippen molar-refractivity contribution >= 4 is 23.4 Å². The van der Waals surface area contributed by atoms with Crippen molar-refractivity contribution in [1.82, 2.24) is 0 Å². The van der Waals surface area contributed by atoms with Gasteiger partial charge in [-0.05, 0) is 54.8 Å². The average Bonchev–Trinajstić information content (AvgIpc) is 3.22. The molecule has 0 bridgehead atoms. The third-order valence-corrected chi connectivity index (χ3v) is 4.42. The molecule has 1 fully saturated rings. The minimum atomic E-state index is -2.93. The Bertz CT molecular complexity index is 849. The smallest absolute Gasteiger partial charge is 0.387 e. The Morgan fingerprint density at radius 3 is 2.64 bits per heavy atom. The summed E-state index contributed by atoms with van der Waals surface area (Å²) < 4.78 is 34.2. The number of carbonyl (C=O) groups excluding carboxylic acids is 1. The van der Waals surface area contributed by atoms with Crippen molar-refractivity contribution in [2.24, 2.45) is 0 Å². The molecule has 5 nitrogen and oxygen atoms in total. The molecule has 1 N–H and O–H groups in total. The van der Waals surface area contributed by atoms with Crippen molar-refractivity contribution in [3.63, 3.8) is 0 Å². The van der Waals surface area contributed by atoms with Crippen LogP contribution >= 0.6 is 0 Å². The third kappa shape index (κ3) is 5.22. The first-order chi connectivity index (χ1) is 13.5. The largest absolute Gasteiger partial charge is 0.493 e. The highest BCUT2D eigenvalue weighted by molar-refractivity contribution is 6.02. The fourth-order valence-electron chi connectivity index (χ4n) is 3.09. The van der Waals surface area contributed by atoms with E-state index in [4.69, 9.17) is 4.74 Å². The number of hydrogen-bond donors (Lipinski definition) is 1. The number of alkyl halides is 2. The van der Waals surface area contributed by atoms with Crippen LogP contribution in [0.5, 0.6) is 11.5 Å². The summed E-state index contributed by atoms with van der Waals surface area (Å²) in [5, 5.41) is 2.83. The number of nitrogens with zero attached hydrogens (tertiary/aromatic N) is 1. The number of ether oxygens (including phenoxy) is 2. The van der Waals surface area contributed by atoms with E-state index in [0.717, 1.165) is 24.5 Å². The molecular weight excluding hydrogens is 366 g/mol. The molecule has 1 aliphatic heterocycles. The second-order valence-corrected chi connectivity index (χ2v) is 6.36. The van der Waals surface area contributed by atoms with Crippen LogP contribution in [-0.4, -0.2) is 32.7 Å². The van der Waals surface area contributed by atoms with Crippen LogP contribution in [-0.2, 0) is 4.79 Å². The zero-order valence-electron chi connectivity index (χ0n) is 15.5. The number of nitrogens with one attached hydrogen (secondary N) is 1. The highest BCUT2D eigenvalue weighted by atomic mass is 19.3. The topological polar surface area (TPSA) is 50.8 Å². The molecule has 0 aromatic heterocycles. The predicted molar refractivity (Wildman–Crippen MR) is 105 cm³/mol. The van der Waals surface area contributed by atoms with Crippen LogP contribution in [0.3, 0.4) is 0 Å². The summed E-state index contributed by atoms with van der Waals surface area (Å²) in [6, 6.07) is 12.2. The Morgan fingerprint density at radius 1 is 1.14 bits per heavy atom. The number of hydrogen-bond acceptors (Lipinski definition) is 4. The molecule has 1 heterocycles. The van der Waals surface area contributed by atoms with Gasteiger partial charge in [0.25, 0.3) is 0 Å². The average molecular weight is 388 g/mol. The minimum absolute atomic E-state index is 0.0576. The SMILES string of the molecule is COc1cc(/C=C/C(=O)Nc2cccc(N3CCCC3)c2)ccc1OC(F)F. The Morgan fingerprint density at radius 2 is 1.93 bits per heavy atom. The van der Waals surface area contributed by atoms with E-state index in [1.54, 1.807) is 12.1 Å². The van der Waals surface area contributed by atoms with Crippen molar-refractivity contribution in [3.05, 3.63) is 54.1 Å². The molecule has 3 rings (SSSR count). The number of amides is 1. The summed E-state index contributed by atoms with van der Waals surface area (Å²) in [7, 11) is 1.36. The first-order valence-corrected chi connectivity index (χ1v) is 9.02. The van der Waals surface area contributed by atoms with Gasteiger partial charge in [-0.3, -0.25) is 4.79 Å². The molecule has 28 heavy (non-hydrogen) atoms. The van der Waals surface area contributed by atoms with Gasteiger partial charge in [0, 0.05) is 30.5 Å². The van der Waals surface area contributed by atoms with Crippen molar-refractivity contribution < 1.29 is 23.0 Å². The van der Waals surface area contributed by atoms with E-state index in [1.807, 2.05) is 24.3 Å². The standard InChI is InChI=1S/C21H22F2N2O3/c1-27-19-13-15(7-9-18(19)28-21(22)23)8-10-20(26)24-16-5-4-6-17(14-16)25-11-2-3-12-25/h4-10,13-14,21H,2-3,11-12H2,1H3,(H,24,26)/b10-8+. The summed E-state index contributed by atoms with van der Waals surface area (Å²) in [5.74, 6) is -0.176. The van der Waals surface area contributed by atoms with Gasteiger partial charge in [-0.1, -0.05) is 12.1 Å². The molecule has 1 amide bonds. The molecule has 0 atom stereocenters. The maximum Gasteiger partial charge on any atom is 0.387 e. The molecule has 0 spiro atoms. The number of rotatable bonds is 7. The molecule has 0 unspecified atom stereocenters. The first-order valence-electron chi connectivity index (χ1n) is 9.02. The molecule has 148 valence electrons. The lowest BCUT2D eigenvalue weighted by molar-refractivity contribution is -0.111. The van der Waals surface area contributed by atoms with E-state index >= 15 is 0 Å². The zero-order chi connectivity index (χ0) is 19.9. The summed E-state index contributed by atoms with van der Waals surface area (Å²) in [5.41, 5.74) is 2.44. The summed E-state index contributed by atoms with van der Waals surface area (Å²) in [6.45, 7) is -0.869. The van der Waals surface area contributed by atoms with Gasteiger partial charge < -0.3 is 19.7 Å². The van der Waals surface area contributed by atoms with E-state index < -0.39 is 6.61 Å². The number of carbonyl (C=O) groups is 1. The van der Waals surface area contributed by atoms with Gasteiger partial charge in [-0.2, -0.15) is 8.78 Å². The van der Waals surface area contributed by atoms with Gasteiger partial charge in [0.05, 0.1) is 7.11 Å². The van der Waals surface area contributed by atoms with E-state index in [1.165, 1.54) is 38.2 Å². The lowest BCUT2D eigenvalue weighted by Gasteiger charge is -2.18. The number of halogens is 2. The van der Waals surface area contributed by atoms with Crippen molar-refractivity contribution in [2.45, 2.75) is 19.5 Å². The number of anilines is 2. The Labute approximate surface area is 162 Å². The van der Waals surface area contributed by atoms with E-state index in [2.05, 4.69) is 15.0 Å². The maximum atomic E-state index is 12.4. The number of benzene rings is 2. The quantitative estimate of drug-likeness (QED) is 0.707. The highest BCUT2D eigenvalue weighted by Crippen LogP contribution is 2.30. The molecule has 0 saturated carbocycles. The molecule has 1 saturated heterocycles. The van der Waals surface area contributed by atoms with Crippen LogP contribution in [0.25, 0.3) is 6.08 Å². The first kappa shape index (κ1) is 19.7. The maximum absolute atomic E-state index is 12.4. The van der Waals surface area contributed by atoms with Gasteiger partial charge in [0.1, 0.15) is 0 Å². The lowest BCUT2D eigenvalue weighted by atomic mass is 10.2. The van der Waals surface area contributed by atoms with Crippen LogP contribution < -0.4 is 19.7 Å². The Kier molecular flexibility index (Phi) is 6.47. The van der Waals surface area contributed by atoms with Crippen LogP contribution in [0, 0.1) is 0 Å². The van der Waals surface area contributed by atoms with Crippen LogP contribution in [0.15, 0.2) is 48.5 Å². The highest BCUT2D eigenvalue weighted by Gasteiger charge is 2.13. The van der Waals surface area contributed by atoms with E-state index in [9.17, 15) is 13.6 Å². The normalized spacial score (nSPS) is 13.9. The zero-order valence-corrected chi connectivity index (χ0v) is 15.5. The van der Waals surface area contributed by atoms with Crippen LogP contribution in [0.2, 0.25) is 0 Å². The lowest BCUT2D eigenvalue weighted by Crippen LogP contribution is -2.17. The molecule has 2 aromatic rings. The molecule has 1 aliphatic rings. The Hall–Kier alpha value is -3.09. The van der Waals surface area contributed by atoms with Gasteiger partial charge in [-0.25, -0.2) is 0 Å². The van der Waals surface area contributed by atoms with Gasteiger partial charge >= 0.3 is 6.61 Å². The van der Waals surface area contributed by atoms with Gasteiger partial charge in [0.2, 0.25) is 5.91 Å². The minimum Gasteiger partial charge on any atom is -0.493 e. The van der Waals surface area contributed by atoms with Crippen molar-refractivity contribution in [3.8, 4) is 11.5 Å². The van der Waals surface area contributed by atoms with Gasteiger partial charge in [-0.15, -0.1) is 0 Å². The summed E-state index contributed by atoms with van der Waals surface area (Å²) in [6.07, 6.45) is 5.33. The Balaban J connectivity index is 1.64. The molecular formula is C21H22F2N2O3. The van der Waals surface area contributed by atoms with E-state index in [0.29, 0.717) is 5.56 Å². The monoisotopic (exact) mass is 388 g/mol.